The predicted molar refractivity (Wildman–Crippen MR) is 53.7 cm³/mol. The SMILES string of the molecule is CCCC(O)CCN1C=CC=CN1. The number of rotatable bonds is 5. The van der Waals surface area contributed by atoms with E-state index in [4.69, 9.17) is 0 Å². The minimum absolute atomic E-state index is 0.161. The molecule has 0 aromatic heterocycles. The molecule has 3 nitrogen and oxygen atoms in total. The average molecular weight is 182 g/mol. The van der Waals surface area contributed by atoms with Crippen LogP contribution in [0.25, 0.3) is 0 Å². The Morgan fingerprint density at radius 3 is 2.85 bits per heavy atom. The molecule has 1 unspecified atom stereocenters. The van der Waals surface area contributed by atoms with Gasteiger partial charge in [0.15, 0.2) is 0 Å². The van der Waals surface area contributed by atoms with Gasteiger partial charge in [0.25, 0.3) is 0 Å². The molecule has 0 aliphatic carbocycles. The summed E-state index contributed by atoms with van der Waals surface area (Å²) in [5.41, 5.74) is 3.07. The molecule has 2 N–H and O–H groups in total. The van der Waals surface area contributed by atoms with Crippen molar-refractivity contribution in [2.45, 2.75) is 32.3 Å². The lowest BCUT2D eigenvalue weighted by Gasteiger charge is -2.23. The zero-order chi connectivity index (χ0) is 9.52. The van der Waals surface area contributed by atoms with Gasteiger partial charge in [0, 0.05) is 18.9 Å². The van der Waals surface area contributed by atoms with Crippen molar-refractivity contribution in [1.82, 2.24) is 10.4 Å². The lowest BCUT2D eigenvalue weighted by molar-refractivity contribution is 0.135. The molecule has 1 heterocycles. The van der Waals surface area contributed by atoms with Gasteiger partial charge in [-0.15, -0.1) is 0 Å². The van der Waals surface area contributed by atoms with Gasteiger partial charge in [0.2, 0.25) is 0 Å². The lowest BCUT2D eigenvalue weighted by atomic mass is 10.1. The second-order valence-corrected chi connectivity index (χ2v) is 3.25. The van der Waals surface area contributed by atoms with Crippen molar-refractivity contribution in [3.8, 4) is 0 Å². The van der Waals surface area contributed by atoms with E-state index >= 15 is 0 Å². The summed E-state index contributed by atoms with van der Waals surface area (Å²) in [6.07, 6.45) is 10.4. The Morgan fingerprint density at radius 1 is 1.38 bits per heavy atom. The quantitative estimate of drug-likeness (QED) is 0.674. The molecule has 0 bridgehead atoms. The van der Waals surface area contributed by atoms with E-state index in [0.29, 0.717) is 0 Å². The highest BCUT2D eigenvalue weighted by atomic mass is 16.3. The van der Waals surface area contributed by atoms with E-state index in [1.54, 1.807) is 0 Å². The minimum atomic E-state index is -0.161. The molecule has 1 aliphatic rings. The first-order chi connectivity index (χ1) is 6.33. The van der Waals surface area contributed by atoms with Gasteiger partial charge < -0.3 is 10.5 Å². The Balaban J connectivity index is 2.11. The molecule has 74 valence electrons. The zero-order valence-corrected chi connectivity index (χ0v) is 8.11. The molecule has 3 heteroatoms. The summed E-state index contributed by atoms with van der Waals surface area (Å²) < 4.78 is 0. The summed E-state index contributed by atoms with van der Waals surface area (Å²) in [5, 5.41) is 11.5. The molecule has 1 aliphatic heterocycles. The van der Waals surface area contributed by atoms with Gasteiger partial charge in [0.05, 0.1) is 6.10 Å². The normalized spacial score (nSPS) is 17.2. The van der Waals surface area contributed by atoms with Crippen molar-refractivity contribution in [3.63, 3.8) is 0 Å². The molecular weight excluding hydrogens is 164 g/mol. The topological polar surface area (TPSA) is 35.5 Å². The number of aliphatic hydroxyl groups is 1. The highest BCUT2D eigenvalue weighted by Gasteiger charge is 2.05. The molecule has 1 atom stereocenters. The van der Waals surface area contributed by atoms with Crippen LogP contribution in [0.15, 0.2) is 24.6 Å². The predicted octanol–water partition coefficient (Wildman–Crippen LogP) is 1.39. The Hall–Kier alpha value is -0.960. The van der Waals surface area contributed by atoms with Gasteiger partial charge in [-0.2, -0.15) is 0 Å². The van der Waals surface area contributed by atoms with Crippen molar-refractivity contribution in [2.75, 3.05) is 6.54 Å². The van der Waals surface area contributed by atoms with Gasteiger partial charge in [0.1, 0.15) is 0 Å². The van der Waals surface area contributed by atoms with Gasteiger partial charge in [-0.3, -0.25) is 5.01 Å². The first-order valence-corrected chi connectivity index (χ1v) is 4.87. The third kappa shape index (κ3) is 3.99. The molecule has 0 fully saturated rings. The molecule has 0 saturated carbocycles. The van der Waals surface area contributed by atoms with Crippen LogP contribution in [0.1, 0.15) is 26.2 Å². The smallest absolute Gasteiger partial charge is 0.0557 e. The second kappa shape index (κ2) is 5.65. The van der Waals surface area contributed by atoms with E-state index in [9.17, 15) is 5.11 Å². The number of hydrogen-bond donors (Lipinski definition) is 2. The largest absolute Gasteiger partial charge is 0.393 e. The standard InChI is InChI=1S/C10H18N2O/c1-2-5-10(13)6-9-12-8-4-3-7-11-12/h3-4,7-8,10-11,13H,2,5-6,9H2,1H3. The first kappa shape index (κ1) is 10.1. The van der Waals surface area contributed by atoms with Crippen molar-refractivity contribution in [2.24, 2.45) is 0 Å². The molecule has 1 rings (SSSR count). The Morgan fingerprint density at radius 2 is 2.23 bits per heavy atom. The fourth-order valence-corrected chi connectivity index (χ4v) is 1.30. The zero-order valence-electron chi connectivity index (χ0n) is 8.11. The fraction of sp³-hybridized carbons (Fsp3) is 0.600. The summed E-state index contributed by atoms with van der Waals surface area (Å²) >= 11 is 0. The highest BCUT2D eigenvalue weighted by Crippen LogP contribution is 2.03. The van der Waals surface area contributed by atoms with Gasteiger partial charge in [-0.05, 0) is 25.0 Å². The van der Waals surface area contributed by atoms with Gasteiger partial charge in [-0.25, -0.2) is 0 Å². The van der Waals surface area contributed by atoms with Crippen molar-refractivity contribution in [3.05, 3.63) is 24.6 Å². The summed E-state index contributed by atoms with van der Waals surface area (Å²) in [4.78, 5) is 0. The molecular formula is C10H18N2O. The van der Waals surface area contributed by atoms with E-state index < -0.39 is 0 Å². The molecule has 13 heavy (non-hydrogen) atoms. The molecule has 0 aromatic rings. The van der Waals surface area contributed by atoms with E-state index in [0.717, 1.165) is 25.8 Å². The molecule has 0 saturated heterocycles. The highest BCUT2D eigenvalue weighted by molar-refractivity contribution is 5.04. The number of nitrogens with zero attached hydrogens (tertiary/aromatic N) is 1. The molecule has 0 amide bonds. The maximum Gasteiger partial charge on any atom is 0.0557 e. The van der Waals surface area contributed by atoms with E-state index in [-0.39, 0.29) is 6.10 Å². The van der Waals surface area contributed by atoms with Crippen LogP contribution in [-0.2, 0) is 0 Å². The van der Waals surface area contributed by atoms with Gasteiger partial charge in [-0.1, -0.05) is 13.3 Å². The van der Waals surface area contributed by atoms with Gasteiger partial charge >= 0.3 is 0 Å². The van der Waals surface area contributed by atoms with Crippen molar-refractivity contribution >= 4 is 0 Å². The Kier molecular flexibility index (Phi) is 4.40. The minimum Gasteiger partial charge on any atom is -0.393 e. The number of hydrogen-bond acceptors (Lipinski definition) is 3. The van der Waals surface area contributed by atoms with Crippen molar-refractivity contribution < 1.29 is 5.11 Å². The lowest BCUT2D eigenvalue weighted by Crippen LogP contribution is -2.32. The molecule has 0 spiro atoms. The number of aliphatic hydroxyl groups excluding tert-OH is 1. The molecule has 0 aromatic carbocycles. The summed E-state index contributed by atoms with van der Waals surface area (Å²) in [5.74, 6) is 0. The fourth-order valence-electron chi connectivity index (χ4n) is 1.30. The van der Waals surface area contributed by atoms with Crippen LogP contribution in [0.2, 0.25) is 0 Å². The number of nitrogens with one attached hydrogen (secondary N) is 1. The summed E-state index contributed by atoms with van der Waals surface area (Å²) in [6.45, 7) is 2.94. The van der Waals surface area contributed by atoms with E-state index in [2.05, 4.69) is 12.3 Å². The van der Waals surface area contributed by atoms with Crippen LogP contribution in [-0.4, -0.2) is 22.8 Å². The first-order valence-electron chi connectivity index (χ1n) is 4.87. The maximum atomic E-state index is 9.48. The van der Waals surface area contributed by atoms with E-state index in [1.165, 1.54) is 0 Å². The van der Waals surface area contributed by atoms with E-state index in [1.807, 2.05) is 29.6 Å². The summed E-state index contributed by atoms with van der Waals surface area (Å²) in [6, 6.07) is 0. The third-order valence-electron chi connectivity index (χ3n) is 2.04. The van der Waals surface area contributed by atoms with Crippen LogP contribution in [0.4, 0.5) is 0 Å². The number of hydrazine groups is 1. The summed E-state index contributed by atoms with van der Waals surface area (Å²) in [7, 11) is 0. The monoisotopic (exact) mass is 182 g/mol. The molecule has 0 radical (unpaired) electrons. The Labute approximate surface area is 79.7 Å². The second-order valence-electron chi connectivity index (χ2n) is 3.25. The van der Waals surface area contributed by atoms with Crippen molar-refractivity contribution in [1.29, 1.82) is 0 Å². The van der Waals surface area contributed by atoms with Crippen LogP contribution >= 0.6 is 0 Å². The van der Waals surface area contributed by atoms with Crippen LogP contribution in [0, 0.1) is 0 Å². The Bertz CT molecular complexity index is 189. The van der Waals surface area contributed by atoms with Crippen LogP contribution in [0.5, 0.6) is 0 Å². The maximum absolute atomic E-state index is 9.48. The van der Waals surface area contributed by atoms with Crippen LogP contribution < -0.4 is 5.43 Å². The van der Waals surface area contributed by atoms with Crippen LogP contribution in [0.3, 0.4) is 0 Å². The number of allylic oxidation sites excluding steroid dienone is 2. The average Bonchev–Trinajstić information content (AvgIpc) is 2.17. The third-order valence-corrected chi connectivity index (χ3v) is 2.04.